The van der Waals surface area contributed by atoms with Crippen LogP contribution >= 0.6 is 11.6 Å². The highest BCUT2D eigenvalue weighted by atomic mass is 35.5. The van der Waals surface area contributed by atoms with Crippen LogP contribution in [0.5, 0.6) is 5.75 Å². The summed E-state index contributed by atoms with van der Waals surface area (Å²) in [6.07, 6.45) is -0.767. The lowest BCUT2D eigenvalue weighted by Gasteiger charge is -2.15. The SMILES string of the molecule is CC(Oc1ccc(-c2ccccc2)cc1)C(=O)Nc1cccc(C(=O)Nc2ccc(F)c(Cl)c2)c1. The topological polar surface area (TPSA) is 67.4 Å². The van der Waals surface area contributed by atoms with Crippen LogP contribution in [-0.4, -0.2) is 17.9 Å². The molecule has 0 aromatic heterocycles. The van der Waals surface area contributed by atoms with Crippen molar-refractivity contribution in [2.24, 2.45) is 0 Å². The maximum Gasteiger partial charge on any atom is 0.265 e. The van der Waals surface area contributed by atoms with E-state index in [0.717, 1.165) is 11.1 Å². The average molecular weight is 489 g/mol. The smallest absolute Gasteiger partial charge is 0.265 e. The Labute approximate surface area is 207 Å². The summed E-state index contributed by atoms with van der Waals surface area (Å²) in [5.41, 5.74) is 3.25. The van der Waals surface area contributed by atoms with Gasteiger partial charge in [-0.3, -0.25) is 9.59 Å². The van der Waals surface area contributed by atoms with Crippen LogP contribution in [0.25, 0.3) is 11.1 Å². The zero-order chi connectivity index (χ0) is 24.8. The van der Waals surface area contributed by atoms with E-state index in [4.69, 9.17) is 16.3 Å². The number of halogens is 2. The zero-order valence-corrected chi connectivity index (χ0v) is 19.6. The number of amides is 2. The van der Waals surface area contributed by atoms with Crippen LogP contribution in [-0.2, 0) is 4.79 Å². The maximum atomic E-state index is 13.3. The van der Waals surface area contributed by atoms with Crippen LogP contribution < -0.4 is 15.4 Å². The van der Waals surface area contributed by atoms with Crippen molar-refractivity contribution in [1.29, 1.82) is 0 Å². The Kier molecular flexibility index (Phi) is 7.43. The van der Waals surface area contributed by atoms with Gasteiger partial charge in [0.15, 0.2) is 6.10 Å². The van der Waals surface area contributed by atoms with Gasteiger partial charge in [-0.2, -0.15) is 0 Å². The van der Waals surface area contributed by atoms with Gasteiger partial charge in [0, 0.05) is 16.9 Å². The monoisotopic (exact) mass is 488 g/mol. The van der Waals surface area contributed by atoms with Crippen molar-refractivity contribution in [3.63, 3.8) is 0 Å². The molecule has 2 amide bonds. The molecule has 0 spiro atoms. The van der Waals surface area contributed by atoms with E-state index in [0.29, 0.717) is 22.7 Å². The highest BCUT2D eigenvalue weighted by Crippen LogP contribution is 2.23. The first-order chi connectivity index (χ1) is 16.9. The normalized spacial score (nSPS) is 11.4. The van der Waals surface area contributed by atoms with Gasteiger partial charge < -0.3 is 15.4 Å². The Bertz CT molecular complexity index is 1340. The fraction of sp³-hybridized carbons (Fsp3) is 0.0714. The van der Waals surface area contributed by atoms with Gasteiger partial charge in [0.2, 0.25) is 0 Å². The molecule has 0 heterocycles. The summed E-state index contributed by atoms with van der Waals surface area (Å²) in [4.78, 5) is 25.2. The number of hydrogen-bond donors (Lipinski definition) is 2. The molecule has 0 aliphatic carbocycles. The molecule has 4 rings (SSSR count). The first-order valence-electron chi connectivity index (χ1n) is 10.9. The molecule has 1 unspecified atom stereocenters. The Morgan fingerprint density at radius 3 is 2.20 bits per heavy atom. The molecule has 0 aliphatic heterocycles. The Morgan fingerprint density at radius 2 is 1.49 bits per heavy atom. The molecule has 4 aromatic rings. The lowest BCUT2D eigenvalue weighted by Crippen LogP contribution is -2.30. The minimum atomic E-state index is -0.767. The lowest BCUT2D eigenvalue weighted by molar-refractivity contribution is -0.122. The van der Waals surface area contributed by atoms with Crippen LogP contribution in [0.4, 0.5) is 15.8 Å². The fourth-order valence-electron chi connectivity index (χ4n) is 3.37. The Morgan fingerprint density at radius 1 is 0.800 bits per heavy atom. The van der Waals surface area contributed by atoms with Crippen molar-refractivity contribution in [2.75, 3.05) is 10.6 Å². The minimum Gasteiger partial charge on any atom is -0.481 e. The largest absolute Gasteiger partial charge is 0.481 e. The highest BCUT2D eigenvalue weighted by molar-refractivity contribution is 6.31. The second-order valence-electron chi connectivity index (χ2n) is 7.80. The van der Waals surface area contributed by atoms with E-state index >= 15 is 0 Å². The van der Waals surface area contributed by atoms with E-state index in [-0.39, 0.29) is 10.9 Å². The van der Waals surface area contributed by atoms with Gasteiger partial charge in [-0.1, -0.05) is 60.1 Å². The summed E-state index contributed by atoms with van der Waals surface area (Å²) in [5, 5.41) is 5.32. The van der Waals surface area contributed by atoms with Crippen LogP contribution in [0, 0.1) is 5.82 Å². The van der Waals surface area contributed by atoms with E-state index in [1.54, 1.807) is 31.2 Å². The molecule has 0 saturated heterocycles. The number of anilines is 2. The van der Waals surface area contributed by atoms with Crippen LogP contribution in [0.3, 0.4) is 0 Å². The molecule has 0 bridgehead atoms. The molecule has 35 heavy (non-hydrogen) atoms. The summed E-state index contributed by atoms with van der Waals surface area (Å²) in [6.45, 7) is 1.65. The van der Waals surface area contributed by atoms with Crippen molar-refractivity contribution in [3.8, 4) is 16.9 Å². The summed E-state index contributed by atoms with van der Waals surface area (Å²) < 4.78 is 19.1. The van der Waals surface area contributed by atoms with Gasteiger partial charge in [-0.05, 0) is 66.6 Å². The number of hydrogen-bond acceptors (Lipinski definition) is 3. The molecule has 0 fully saturated rings. The number of nitrogens with one attached hydrogen (secondary N) is 2. The van der Waals surface area contributed by atoms with Crippen molar-refractivity contribution >= 4 is 34.8 Å². The van der Waals surface area contributed by atoms with Crippen LogP contribution in [0.1, 0.15) is 17.3 Å². The molecule has 5 nitrogen and oxygen atoms in total. The molecule has 176 valence electrons. The number of rotatable bonds is 7. The fourth-order valence-corrected chi connectivity index (χ4v) is 3.55. The first kappa shape index (κ1) is 24.0. The predicted molar refractivity (Wildman–Crippen MR) is 136 cm³/mol. The van der Waals surface area contributed by atoms with E-state index in [2.05, 4.69) is 10.6 Å². The summed E-state index contributed by atoms with van der Waals surface area (Å²) in [7, 11) is 0. The molecular formula is C28H22ClFN2O3. The molecule has 7 heteroatoms. The quantitative estimate of drug-likeness (QED) is 0.300. The Hall–Kier alpha value is -4.16. The van der Waals surface area contributed by atoms with E-state index in [1.807, 2.05) is 54.6 Å². The van der Waals surface area contributed by atoms with E-state index in [1.165, 1.54) is 18.2 Å². The van der Waals surface area contributed by atoms with Crippen molar-refractivity contribution < 1.29 is 18.7 Å². The third-order valence-corrected chi connectivity index (χ3v) is 5.50. The van der Waals surface area contributed by atoms with Gasteiger partial charge in [-0.15, -0.1) is 0 Å². The summed E-state index contributed by atoms with van der Waals surface area (Å²) in [5.74, 6) is -0.789. The molecule has 2 N–H and O–H groups in total. The van der Waals surface area contributed by atoms with E-state index in [9.17, 15) is 14.0 Å². The molecule has 4 aromatic carbocycles. The van der Waals surface area contributed by atoms with Gasteiger partial charge in [0.1, 0.15) is 11.6 Å². The number of ether oxygens (including phenoxy) is 1. The highest BCUT2D eigenvalue weighted by Gasteiger charge is 2.16. The molecule has 0 radical (unpaired) electrons. The van der Waals surface area contributed by atoms with Crippen LogP contribution in [0.15, 0.2) is 97.1 Å². The first-order valence-corrected chi connectivity index (χ1v) is 11.3. The maximum absolute atomic E-state index is 13.3. The third kappa shape index (κ3) is 6.25. The van der Waals surface area contributed by atoms with Crippen molar-refractivity contribution in [3.05, 3.63) is 113 Å². The van der Waals surface area contributed by atoms with Gasteiger partial charge >= 0.3 is 0 Å². The second-order valence-corrected chi connectivity index (χ2v) is 8.21. The standard InChI is InChI=1S/C28H22ClFN2O3/c1-18(35-24-13-10-20(11-14-24)19-6-3-2-4-7-19)27(33)31-22-9-5-8-21(16-22)28(34)32-23-12-15-26(30)25(29)17-23/h2-18H,1H3,(H,31,33)(H,32,34). The second kappa shape index (κ2) is 10.8. The lowest BCUT2D eigenvalue weighted by atomic mass is 10.1. The summed E-state index contributed by atoms with van der Waals surface area (Å²) >= 11 is 5.76. The van der Waals surface area contributed by atoms with Crippen LogP contribution in [0.2, 0.25) is 5.02 Å². The van der Waals surface area contributed by atoms with E-state index < -0.39 is 17.8 Å². The number of benzene rings is 4. The molecule has 1 atom stereocenters. The van der Waals surface area contributed by atoms with Crippen molar-refractivity contribution in [1.82, 2.24) is 0 Å². The number of carbonyl (C=O) groups excluding carboxylic acids is 2. The minimum absolute atomic E-state index is 0.0903. The molecule has 0 aliphatic rings. The molecule has 0 saturated carbocycles. The third-order valence-electron chi connectivity index (χ3n) is 5.21. The van der Waals surface area contributed by atoms with Gasteiger partial charge in [0.05, 0.1) is 5.02 Å². The predicted octanol–water partition coefficient (Wildman–Crippen LogP) is 6.80. The molecular weight excluding hydrogens is 467 g/mol. The zero-order valence-electron chi connectivity index (χ0n) is 18.8. The Balaban J connectivity index is 1.36. The average Bonchev–Trinajstić information content (AvgIpc) is 2.87. The van der Waals surface area contributed by atoms with Gasteiger partial charge in [0.25, 0.3) is 11.8 Å². The van der Waals surface area contributed by atoms with Crippen molar-refractivity contribution in [2.45, 2.75) is 13.0 Å². The van der Waals surface area contributed by atoms with Gasteiger partial charge in [-0.25, -0.2) is 4.39 Å². The summed E-state index contributed by atoms with van der Waals surface area (Å²) in [6, 6.07) is 27.8. The number of carbonyl (C=O) groups is 2.